The molecule has 0 aliphatic carbocycles. The zero-order valence-corrected chi connectivity index (χ0v) is 26.4. The van der Waals surface area contributed by atoms with Crippen LogP contribution in [0.2, 0.25) is 10.0 Å². The zero-order valence-electron chi connectivity index (χ0n) is 24.9. The predicted molar refractivity (Wildman–Crippen MR) is 173 cm³/mol. The maximum Gasteiger partial charge on any atom is 0.335 e. The van der Waals surface area contributed by atoms with Gasteiger partial charge < -0.3 is 19.0 Å². The number of imidazole rings is 2. The van der Waals surface area contributed by atoms with Crippen LogP contribution in [-0.4, -0.2) is 48.2 Å². The van der Waals surface area contributed by atoms with Crippen molar-refractivity contribution in [2.75, 3.05) is 13.1 Å². The van der Waals surface area contributed by atoms with E-state index in [0.29, 0.717) is 46.8 Å². The maximum absolute atomic E-state index is 14.9. The molecule has 0 bridgehead atoms. The SMILES string of the molecule is CCn1cncc1Cn1c(CN2CCC(Cc3cc(COc4ccc(Cl)cc4Cl)ccc3F)CC2)nc2ccc(C(=O)O)cc21. The number of fused-ring (bicyclic) bond motifs is 1. The molecule has 0 saturated carbocycles. The molecule has 2 aromatic heterocycles. The number of aryl methyl sites for hydroxylation is 1. The average Bonchev–Trinajstić information content (AvgIpc) is 3.62. The highest BCUT2D eigenvalue weighted by molar-refractivity contribution is 6.35. The number of carbonyl (C=O) groups is 1. The third-order valence-corrected chi connectivity index (χ3v) is 9.04. The van der Waals surface area contributed by atoms with Gasteiger partial charge in [-0.2, -0.15) is 0 Å². The van der Waals surface area contributed by atoms with Gasteiger partial charge in [-0.25, -0.2) is 19.2 Å². The normalized spacial score (nSPS) is 14.3. The number of benzene rings is 3. The van der Waals surface area contributed by atoms with Crippen molar-refractivity contribution >= 4 is 40.2 Å². The minimum atomic E-state index is -0.965. The van der Waals surface area contributed by atoms with Gasteiger partial charge in [-0.05, 0) is 105 Å². The van der Waals surface area contributed by atoms with E-state index in [1.807, 2.05) is 18.6 Å². The monoisotopic (exact) mass is 649 g/mol. The Morgan fingerprint density at radius 2 is 1.89 bits per heavy atom. The lowest BCUT2D eigenvalue weighted by molar-refractivity contribution is 0.0697. The van der Waals surface area contributed by atoms with Crippen LogP contribution in [0.15, 0.2) is 67.1 Å². The second-order valence-corrected chi connectivity index (χ2v) is 12.4. The van der Waals surface area contributed by atoms with E-state index in [1.165, 1.54) is 6.07 Å². The van der Waals surface area contributed by atoms with Crippen molar-refractivity contribution in [1.29, 1.82) is 0 Å². The van der Waals surface area contributed by atoms with Gasteiger partial charge >= 0.3 is 5.97 Å². The summed E-state index contributed by atoms with van der Waals surface area (Å²) in [6, 6.07) is 15.3. The van der Waals surface area contributed by atoms with Crippen molar-refractivity contribution in [3.05, 3.63) is 111 Å². The van der Waals surface area contributed by atoms with Crippen LogP contribution >= 0.6 is 23.2 Å². The number of aromatic carboxylic acids is 1. The van der Waals surface area contributed by atoms with Crippen molar-refractivity contribution in [1.82, 2.24) is 24.0 Å². The molecule has 0 atom stereocenters. The van der Waals surface area contributed by atoms with Crippen LogP contribution in [0.4, 0.5) is 4.39 Å². The first-order valence-electron chi connectivity index (χ1n) is 15.1. The molecule has 1 aliphatic rings. The smallest absolute Gasteiger partial charge is 0.335 e. The number of nitrogens with zero attached hydrogens (tertiary/aromatic N) is 5. The van der Waals surface area contributed by atoms with Crippen molar-refractivity contribution in [2.45, 2.75) is 52.4 Å². The molecule has 1 N–H and O–H groups in total. The Kier molecular flexibility index (Phi) is 9.40. The van der Waals surface area contributed by atoms with Crippen LogP contribution < -0.4 is 4.74 Å². The number of likely N-dealkylation sites (tertiary alicyclic amines) is 1. The van der Waals surface area contributed by atoms with Gasteiger partial charge in [-0.3, -0.25) is 4.90 Å². The Bertz CT molecular complexity index is 1830. The molecule has 1 saturated heterocycles. The summed E-state index contributed by atoms with van der Waals surface area (Å²) in [6.45, 7) is 6.04. The van der Waals surface area contributed by atoms with E-state index in [4.69, 9.17) is 32.9 Å². The van der Waals surface area contributed by atoms with Crippen molar-refractivity contribution in [3.63, 3.8) is 0 Å². The lowest BCUT2D eigenvalue weighted by Crippen LogP contribution is -2.34. The maximum atomic E-state index is 14.9. The van der Waals surface area contributed by atoms with Gasteiger partial charge in [0, 0.05) is 17.8 Å². The topological polar surface area (TPSA) is 85.4 Å². The number of piperidine rings is 1. The predicted octanol–water partition coefficient (Wildman–Crippen LogP) is 7.48. The summed E-state index contributed by atoms with van der Waals surface area (Å²) >= 11 is 12.2. The molecule has 8 nitrogen and oxygen atoms in total. The molecule has 3 aromatic carbocycles. The molecule has 0 amide bonds. The van der Waals surface area contributed by atoms with Gasteiger partial charge in [0.05, 0.1) is 46.7 Å². The van der Waals surface area contributed by atoms with Gasteiger partial charge in [-0.15, -0.1) is 0 Å². The third-order valence-electron chi connectivity index (χ3n) is 8.51. The molecule has 5 aromatic rings. The molecule has 1 aliphatic heterocycles. The summed E-state index contributed by atoms with van der Waals surface area (Å²) < 4.78 is 24.9. The Morgan fingerprint density at radius 3 is 2.64 bits per heavy atom. The molecule has 234 valence electrons. The minimum absolute atomic E-state index is 0.202. The van der Waals surface area contributed by atoms with Crippen LogP contribution in [0.3, 0.4) is 0 Å². The van der Waals surface area contributed by atoms with Crippen molar-refractivity contribution < 1.29 is 19.0 Å². The summed E-state index contributed by atoms with van der Waals surface area (Å²) in [5.74, 6) is 0.604. The van der Waals surface area contributed by atoms with E-state index < -0.39 is 5.97 Å². The van der Waals surface area contributed by atoms with E-state index in [1.54, 1.807) is 42.5 Å². The standard InChI is InChI=1S/C34H34Cl2FN5O3/c1-2-41-21-38-17-27(41)18-42-31-15-24(34(43)44)4-7-30(31)39-33(42)19-40-11-9-22(10-12-40)13-25-14-23(3-6-29(25)37)20-45-32-8-5-26(35)16-28(32)36/h3-8,14-17,21-22H,2,9-13,18-20H2,1H3,(H,43,44). The first kappa shape index (κ1) is 31.1. The lowest BCUT2D eigenvalue weighted by atomic mass is 9.89. The first-order valence-corrected chi connectivity index (χ1v) is 15.8. The van der Waals surface area contributed by atoms with Gasteiger partial charge in [0.2, 0.25) is 0 Å². The average molecular weight is 651 g/mol. The Balaban J connectivity index is 1.12. The number of hydrogen-bond acceptors (Lipinski definition) is 5. The summed E-state index contributed by atoms with van der Waals surface area (Å²) in [7, 11) is 0. The quantitative estimate of drug-likeness (QED) is 0.160. The molecule has 0 spiro atoms. The number of aromatic nitrogens is 4. The summed E-state index contributed by atoms with van der Waals surface area (Å²) in [6.07, 6.45) is 6.19. The molecule has 6 rings (SSSR count). The highest BCUT2D eigenvalue weighted by atomic mass is 35.5. The minimum Gasteiger partial charge on any atom is -0.487 e. The largest absolute Gasteiger partial charge is 0.487 e. The summed E-state index contributed by atoms with van der Waals surface area (Å²) in [5.41, 5.74) is 4.40. The fourth-order valence-electron chi connectivity index (χ4n) is 6.02. The second kappa shape index (κ2) is 13.6. The number of halogens is 3. The molecular formula is C34H34Cl2FN5O3. The molecule has 1 fully saturated rings. The number of ether oxygens (including phenoxy) is 1. The number of hydrogen-bond donors (Lipinski definition) is 1. The van der Waals surface area contributed by atoms with Crippen LogP contribution in [0.1, 0.15) is 52.8 Å². The number of carboxylic acid groups (broad SMARTS) is 1. The van der Waals surface area contributed by atoms with E-state index in [-0.39, 0.29) is 18.0 Å². The number of rotatable bonds is 11. The van der Waals surface area contributed by atoms with Gasteiger partial charge in [0.15, 0.2) is 0 Å². The fraction of sp³-hybridized carbons (Fsp3) is 0.324. The Hall–Kier alpha value is -3.92. The lowest BCUT2D eigenvalue weighted by Gasteiger charge is -2.32. The van der Waals surface area contributed by atoms with E-state index in [9.17, 15) is 14.3 Å². The van der Waals surface area contributed by atoms with Crippen molar-refractivity contribution in [3.8, 4) is 5.75 Å². The molecule has 45 heavy (non-hydrogen) atoms. The highest BCUT2D eigenvalue weighted by Crippen LogP contribution is 2.30. The van der Waals surface area contributed by atoms with E-state index >= 15 is 0 Å². The fourth-order valence-corrected chi connectivity index (χ4v) is 6.48. The molecule has 3 heterocycles. The van der Waals surface area contributed by atoms with E-state index in [2.05, 4.69) is 25.9 Å². The van der Waals surface area contributed by atoms with Crippen molar-refractivity contribution in [2.24, 2.45) is 5.92 Å². The summed E-state index contributed by atoms with van der Waals surface area (Å²) in [4.78, 5) is 23.3. The number of carboxylic acids is 1. The van der Waals surface area contributed by atoms with Gasteiger partial charge in [0.25, 0.3) is 0 Å². The highest BCUT2D eigenvalue weighted by Gasteiger charge is 2.24. The zero-order chi connectivity index (χ0) is 31.5. The molecule has 0 radical (unpaired) electrons. The molecule has 11 heteroatoms. The van der Waals surface area contributed by atoms with Crippen LogP contribution in [0, 0.1) is 11.7 Å². The van der Waals surface area contributed by atoms with Crippen LogP contribution in [-0.2, 0) is 32.7 Å². The first-order chi connectivity index (χ1) is 21.8. The van der Waals surface area contributed by atoms with Crippen LogP contribution in [0.25, 0.3) is 11.0 Å². The molecular weight excluding hydrogens is 616 g/mol. The van der Waals surface area contributed by atoms with Gasteiger partial charge in [-0.1, -0.05) is 29.3 Å². The Morgan fingerprint density at radius 1 is 1.07 bits per heavy atom. The van der Waals surface area contributed by atoms with Crippen LogP contribution in [0.5, 0.6) is 5.75 Å². The third kappa shape index (κ3) is 7.16. The van der Waals surface area contributed by atoms with Gasteiger partial charge in [0.1, 0.15) is 24.0 Å². The molecule has 0 unspecified atom stereocenters. The summed E-state index contributed by atoms with van der Waals surface area (Å²) in [5, 5.41) is 10.6. The Labute approximate surface area is 271 Å². The second-order valence-electron chi connectivity index (χ2n) is 11.5. The van der Waals surface area contributed by atoms with E-state index in [0.717, 1.165) is 60.6 Å².